The van der Waals surface area contributed by atoms with Crippen LogP contribution in [-0.2, 0) is 13.1 Å². The standard InChI is InChI=1S/C22H26N2O2S/c1-15-5-10-21-20(11-15)23-22(27-21)14-24(17-6-8-18(25)9-7-17)13-16-3-2-4-19(26)12-16/h2-5,10-12,17-18,25-26H,6-9,13-14H2,1H3. The summed E-state index contributed by atoms with van der Waals surface area (Å²) in [5.41, 5.74) is 3.42. The lowest BCUT2D eigenvalue weighted by molar-refractivity contribution is 0.0665. The number of aromatic hydroxyl groups is 1. The molecule has 1 aromatic heterocycles. The SMILES string of the molecule is Cc1ccc2sc(CN(Cc3cccc(O)c3)C3CCC(O)CC3)nc2c1. The van der Waals surface area contributed by atoms with Gasteiger partial charge in [0.2, 0.25) is 0 Å². The first-order chi connectivity index (χ1) is 13.1. The van der Waals surface area contributed by atoms with Gasteiger partial charge in [0.25, 0.3) is 0 Å². The highest BCUT2D eigenvalue weighted by Gasteiger charge is 2.26. The fraction of sp³-hybridized carbons (Fsp3) is 0.409. The Labute approximate surface area is 164 Å². The van der Waals surface area contributed by atoms with Gasteiger partial charge in [-0.3, -0.25) is 4.90 Å². The second kappa shape index (κ2) is 7.97. The van der Waals surface area contributed by atoms with E-state index in [-0.39, 0.29) is 6.10 Å². The number of fused-ring (bicyclic) bond motifs is 1. The van der Waals surface area contributed by atoms with E-state index < -0.39 is 0 Å². The van der Waals surface area contributed by atoms with Crippen LogP contribution in [0.5, 0.6) is 5.75 Å². The van der Waals surface area contributed by atoms with E-state index in [1.54, 1.807) is 17.4 Å². The minimum Gasteiger partial charge on any atom is -0.508 e. The van der Waals surface area contributed by atoms with Gasteiger partial charge in [-0.05, 0) is 68.0 Å². The molecule has 0 spiro atoms. The van der Waals surface area contributed by atoms with Crippen LogP contribution < -0.4 is 0 Å². The lowest BCUT2D eigenvalue weighted by Gasteiger charge is -2.35. The predicted octanol–water partition coefficient (Wildman–Crippen LogP) is 4.62. The van der Waals surface area contributed by atoms with E-state index >= 15 is 0 Å². The van der Waals surface area contributed by atoms with Crippen molar-refractivity contribution in [3.05, 3.63) is 58.6 Å². The smallest absolute Gasteiger partial charge is 0.115 e. The minimum absolute atomic E-state index is 0.158. The van der Waals surface area contributed by atoms with Crippen molar-refractivity contribution >= 4 is 21.6 Å². The number of nitrogens with zero attached hydrogens (tertiary/aromatic N) is 2. The molecule has 3 aromatic rings. The number of hydrogen-bond donors (Lipinski definition) is 2. The van der Waals surface area contributed by atoms with Crippen molar-refractivity contribution in [3.8, 4) is 5.75 Å². The number of aliphatic hydroxyl groups excluding tert-OH is 1. The Bertz CT molecular complexity index is 916. The van der Waals surface area contributed by atoms with Crippen LogP contribution in [0.3, 0.4) is 0 Å². The second-order valence-corrected chi connectivity index (χ2v) is 8.73. The highest BCUT2D eigenvalue weighted by molar-refractivity contribution is 7.18. The highest BCUT2D eigenvalue weighted by atomic mass is 32.1. The largest absolute Gasteiger partial charge is 0.508 e. The molecule has 0 aliphatic heterocycles. The third-order valence-corrected chi connectivity index (χ3v) is 6.43. The van der Waals surface area contributed by atoms with Gasteiger partial charge in [-0.1, -0.05) is 18.2 Å². The Morgan fingerprint density at radius 2 is 1.89 bits per heavy atom. The second-order valence-electron chi connectivity index (χ2n) is 7.62. The Morgan fingerprint density at radius 1 is 1.07 bits per heavy atom. The summed E-state index contributed by atoms with van der Waals surface area (Å²) in [6, 6.07) is 14.4. The average molecular weight is 383 g/mol. The summed E-state index contributed by atoms with van der Waals surface area (Å²) in [5, 5.41) is 20.8. The van der Waals surface area contributed by atoms with E-state index in [1.807, 2.05) is 12.1 Å². The van der Waals surface area contributed by atoms with E-state index in [1.165, 1.54) is 10.3 Å². The van der Waals surface area contributed by atoms with Crippen LogP contribution in [0.25, 0.3) is 10.2 Å². The topological polar surface area (TPSA) is 56.6 Å². The molecular formula is C22H26N2O2S. The minimum atomic E-state index is -0.158. The van der Waals surface area contributed by atoms with Gasteiger partial charge in [-0.2, -0.15) is 0 Å². The van der Waals surface area contributed by atoms with E-state index in [0.29, 0.717) is 11.8 Å². The number of aliphatic hydroxyl groups is 1. The third-order valence-electron chi connectivity index (χ3n) is 5.40. The number of hydrogen-bond acceptors (Lipinski definition) is 5. The van der Waals surface area contributed by atoms with Gasteiger partial charge in [0.05, 0.1) is 22.9 Å². The molecule has 1 aliphatic carbocycles. The summed E-state index contributed by atoms with van der Waals surface area (Å²) in [5.74, 6) is 0.307. The monoisotopic (exact) mass is 382 g/mol. The van der Waals surface area contributed by atoms with E-state index in [4.69, 9.17) is 4.98 Å². The Hall–Kier alpha value is -1.95. The van der Waals surface area contributed by atoms with Crippen LogP contribution in [-0.4, -0.2) is 32.2 Å². The Kier molecular flexibility index (Phi) is 5.43. The first kappa shape index (κ1) is 18.4. The molecule has 4 nitrogen and oxygen atoms in total. The fourth-order valence-corrected chi connectivity index (χ4v) is 4.93. The number of thiazole rings is 1. The quantitative estimate of drug-likeness (QED) is 0.676. The molecule has 1 saturated carbocycles. The van der Waals surface area contributed by atoms with Gasteiger partial charge >= 0.3 is 0 Å². The van der Waals surface area contributed by atoms with Crippen LogP contribution in [0.1, 0.15) is 41.8 Å². The number of phenols is 1. The van der Waals surface area contributed by atoms with E-state index in [2.05, 4.69) is 36.1 Å². The summed E-state index contributed by atoms with van der Waals surface area (Å²) in [6.07, 6.45) is 3.57. The van der Waals surface area contributed by atoms with Crippen molar-refractivity contribution in [2.75, 3.05) is 0 Å². The lowest BCUT2D eigenvalue weighted by Crippen LogP contribution is -2.38. The van der Waals surface area contributed by atoms with Crippen molar-refractivity contribution in [1.29, 1.82) is 0 Å². The summed E-state index contributed by atoms with van der Waals surface area (Å²) in [6.45, 7) is 3.68. The number of benzene rings is 2. The zero-order valence-corrected chi connectivity index (χ0v) is 16.5. The summed E-state index contributed by atoms with van der Waals surface area (Å²) in [7, 11) is 0. The average Bonchev–Trinajstić information content (AvgIpc) is 3.03. The van der Waals surface area contributed by atoms with Crippen LogP contribution in [0.2, 0.25) is 0 Å². The highest BCUT2D eigenvalue weighted by Crippen LogP contribution is 2.29. The molecule has 4 rings (SSSR count). The van der Waals surface area contributed by atoms with Crippen molar-refractivity contribution in [2.45, 2.75) is 57.8 Å². The maximum atomic E-state index is 9.88. The van der Waals surface area contributed by atoms with Crippen LogP contribution in [0, 0.1) is 6.92 Å². The number of rotatable bonds is 5. The molecule has 0 amide bonds. The molecule has 0 unspecified atom stereocenters. The van der Waals surface area contributed by atoms with Gasteiger partial charge in [-0.15, -0.1) is 11.3 Å². The van der Waals surface area contributed by atoms with Gasteiger partial charge in [-0.25, -0.2) is 4.98 Å². The van der Waals surface area contributed by atoms with Crippen molar-refractivity contribution < 1.29 is 10.2 Å². The maximum absolute atomic E-state index is 9.88. The van der Waals surface area contributed by atoms with Crippen molar-refractivity contribution in [3.63, 3.8) is 0 Å². The van der Waals surface area contributed by atoms with Crippen molar-refractivity contribution in [2.24, 2.45) is 0 Å². The van der Waals surface area contributed by atoms with E-state index in [9.17, 15) is 10.2 Å². The van der Waals surface area contributed by atoms with Crippen LogP contribution >= 0.6 is 11.3 Å². The van der Waals surface area contributed by atoms with Gasteiger partial charge in [0.1, 0.15) is 10.8 Å². The molecular weight excluding hydrogens is 356 g/mol. The first-order valence-electron chi connectivity index (χ1n) is 9.63. The predicted molar refractivity (Wildman–Crippen MR) is 110 cm³/mol. The Balaban J connectivity index is 1.57. The molecule has 0 radical (unpaired) electrons. The summed E-state index contributed by atoms with van der Waals surface area (Å²) >= 11 is 1.76. The van der Waals surface area contributed by atoms with Crippen LogP contribution in [0.15, 0.2) is 42.5 Å². The van der Waals surface area contributed by atoms with Gasteiger partial charge < -0.3 is 10.2 Å². The molecule has 2 aromatic carbocycles. The maximum Gasteiger partial charge on any atom is 0.115 e. The zero-order chi connectivity index (χ0) is 18.8. The van der Waals surface area contributed by atoms with E-state index in [0.717, 1.165) is 54.9 Å². The van der Waals surface area contributed by atoms with Crippen LogP contribution in [0.4, 0.5) is 0 Å². The molecule has 0 atom stereocenters. The molecule has 27 heavy (non-hydrogen) atoms. The first-order valence-corrected chi connectivity index (χ1v) is 10.4. The Morgan fingerprint density at radius 3 is 2.67 bits per heavy atom. The summed E-state index contributed by atoms with van der Waals surface area (Å²) in [4.78, 5) is 7.32. The molecule has 1 fully saturated rings. The number of phenolic OH excluding ortho intramolecular Hbond substituents is 1. The molecule has 1 heterocycles. The molecule has 5 heteroatoms. The molecule has 142 valence electrons. The third kappa shape index (κ3) is 4.49. The van der Waals surface area contributed by atoms with Gasteiger partial charge in [0.15, 0.2) is 0 Å². The molecule has 1 aliphatic rings. The van der Waals surface area contributed by atoms with Crippen molar-refractivity contribution in [1.82, 2.24) is 9.88 Å². The normalized spacial score (nSPS) is 20.4. The number of aryl methyl sites for hydroxylation is 1. The molecule has 0 saturated heterocycles. The zero-order valence-electron chi connectivity index (χ0n) is 15.6. The lowest BCUT2D eigenvalue weighted by atomic mass is 9.91. The number of aromatic nitrogens is 1. The summed E-state index contributed by atoms with van der Waals surface area (Å²) < 4.78 is 1.23. The fourth-order valence-electron chi connectivity index (χ4n) is 3.95. The molecule has 2 N–H and O–H groups in total. The molecule has 0 bridgehead atoms. The van der Waals surface area contributed by atoms with Gasteiger partial charge in [0, 0.05) is 12.6 Å².